The average Bonchev–Trinajstić information content (AvgIpc) is 3.74. The highest BCUT2D eigenvalue weighted by Gasteiger charge is 2.25. The number of fused-ring (bicyclic) bond motifs is 5. The first-order valence-corrected chi connectivity index (χ1v) is 15.7. The first-order chi connectivity index (χ1) is 22.0. The number of oxazole rings is 1. The fraction of sp³-hybridized carbons (Fsp3) is 0.205. The second-order valence-electron chi connectivity index (χ2n) is 14.0. The van der Waals surface area contributed by atoms with E-state index in [4.69, 9.17) is 19.1 Å². The van der Waals surface area contributed by atoms with E-state index in [1.165, 1.54) is 5.56 Å². The van der Waals surface area contributed by atoms with E-state index < -0.39 is 0 Å². The van der Waals surface area contributed by atoms with Gasteiger partial charge in [-0.05, 0) is 53.4 Å². The average molecular weight is 642 g/mol. The van der Waals surface area contributed by atoms with Crippen LogP contribution in [0.2, 0.25) is 0 Å². The molecule has 0 aliphatic heterocycles. The van der Waals surface area contributed by atoms with Crippen molar-refractivity contribution in [1.29, 1.82) is 0 Å². The first-order valence-electron chi connectivity index (χ1n) is 15.7. The number of nitrogens with zero attached hydrogens (tertiary/aromatic N) is 4. The molecule has 0 fully saturated rings. The van der Waals surface area contributed by atoms with Gasteiger partial charge in [-0.2, -0.15) is 4.57 Å². The Bertz CT molecular complexity index is 2440. The lowest BCUT2D eigenvalue weighted by Gasteiger charge is -2.20. The molecule has 0 unspecified atom stereocenters. The van der Waals surface area contributed by atoms with E-state index in [-0.39, 0.29) is 23.2 Å². The Kier molecular flexibility index (Phi) is 7.13. The maximum atomic E-state index is 6.75. The topological polar surface area (TPSA) is 72.2 Å². The molecule has 1 N–H and O–H groups in total. The molecule has 47 heavy (non-hydrogen) atoms. The van der Waals surface area contributed by atoms with Gasteiger partial charge in [0.25, 0.3) is 0 Å². The zero-order valence-electron chi connectivity index (χ0n) is 27.3. The summed E-state index contributed by atoms with van der Waals surface area (Å²) in [5, 5.41) is 2.30. The molecule has 7 nitrogen and oxygen atoms in total. The van der Waals surface area contributed by atoms with Crippen molar-refractivity contribution >= 4 is 43.9 Å². The van der Waals surface area contributed by atoms with Crippen molar-refractivity contribution in [3.63, 3.8) is 0 Å². The van der Waals surface area contributed by atoms with Gasteiger partial charge in [-0.1, -0.05) is 71.9 Å². The zero-order valence-corrected chi connectivity index (χ0v) is 28.1. The van der Waals surface area contributed by atoms with Gasteiger partial charge in [0.15, 0.2) is 22.4 Å². The highest BCUT2D eigenvalue weighted by atomic mass is 35.5. The Labute approximate surface area is 279 Å². The Morgan fingerprint density at radius 3 is 2.28 bits per heavy atom. The molecule has 4 aromatic heterocycles. The monoisotopic (exact) mass is 641 g/mol. The minimum absolute atomic E-state index is 0. The molecule has 0 atom stereocenters. The highest BCUT2D eigenvalue weighted by molar-refractivity contribution is 6.09. The molecule has 8 aromatic rings. The van der Waals surface area contributed by atoms with Crippen LogP contribution in [0.3, 0.4) is 0 Å². The maximum absolute atomic E-state index is 6.75. The Balaban J connectivity index is 0.00000351. The molecule has 8 rings (SSSR count). The normalized spacial score (nSPS) is 12.3. The van der Waals surface area contributed by atoms with Crippen LogP contribution in [-0.2, 0) is 10.8 Å². The van der Waals surface area contributed by atoms with Crippen LogP contribution in [0.5, 0.6) is 11.5 Å². The van der Waals surface area contributed by atoms with Crippen LogP contribution in [0.15, 0.2) is 108 Å². The zero-order chi connectivity index (χ0) is 31.8. The standard InChI is InChI=1S/C39H35N5O2.ClH/c1-38(2,3)24-17-18-40-35(19-24)44-31-13-9-7-11-27(31)28-16-15-26(22-33(28)44)45-34-21-25(43-23-41-29-12-8-10-14-32(29)43)20-30-36(34)46-37(42-30)39(4,5)6;/h7-23H,1-6H3;1H. The molecule has 0 aliphatic rings. The van der Waals surface area contributed by atoms with E-state index in [2.05, 4.69) is 122 Å². The number of aromatic nitrogens is 5. The molecule has 4 aromatic carbocycles. The SMILES string of the molecule is CC(C)(C)c1ccnc(-n2c3ccccc3c3ccc(Oc4cc(-n5c[nH+]c6ccccc65)cc5nc(C(C)(C)C)oc45)cc32)c1.[Cl-]. The van der Waals surface area contributed by atoms with Crippen molar-refractivity contribution in [1.82, 2.24) is 19.1 Å². The fourth-order valence-electron chi connectivity index (χ4n) is 6.14. The van der Waals surface area contributed by atoms with Gasteiger partial charge >= 0.3 is 0 Å². The van der Waals surface area contributed by atoms with Crippen LogP contribution in [-0.4, -0.2) is 19.1 Å². The minimum Gasteiger partial charge on any atom is -1.00 e. The van der Waals surface area contributed by atoms with E-state index >= 15 is 0 Å². The molecule has 0 saturated carbocycles. The van der Waals surface area contributed by atoms with Crippen molar-refractivity contribution < 1.29 is 26.5 Å². The number of hydrogen-bond acceptors (Lipinski definition) is 4. The number of hydrogen-bond donors (Lipinski definition) is 0. The van der Waals surface area contributed by atoms with Gasteiger partial charge in [-0.15, -0.1) is 0 Å². The van der Waals surface area contributed by atoms with Gasteiger partial charge in [0.2, 0.25) is 12.2 Å². The summed E-state index contributed by atoms with van der Waals surface area (Å²) in [6, 6.07) is 31.3. The number of ether oxygens (including phenoxy) is 1. The van der Waals surface area contributed by atoms with Gasteiger partial charge in [-0.25, -0.2) is 15.0 Å². The second-order valence-corrected chi connectivity index (χ2v) is 14.0. The number of nitrogens with one attached hydrogen (secondary N) is 1. The summed E-state index contributed by atoms with van der Waals surface area (Å²) in [6.07, 6.45) is 3.86. The lowest BCUT2D eigenvalue weighted by molar-refractivity contribution is -0.345. The van der Waals surface area contributed by atoms with Gasteiger partial charge < -0.3 is 21.6 Å². The summed E-state index contributed by atoms with van der Waals surface area (Å²) in [7, 11) is 0. The van der Waals surface area contributed by atoms with Gasteiger partial charge in [0.1, 0.15) is 22.8 Å². The number of halogens is 1. The van der Waals surface area contributed by atoms with E-state index in [1.54, 1.807) is 0 Å². The smallest absolute Gasteiger partial charge is 0.247 e. The lowest BCUT2D eigenvalue weighted by atomic mass is 9.88. The highest BCUT2D eigenvalue weighted by Crippen LogP contribution is 2.39. The van der Waals surface area contributed by atoms with Gasteiger partial charge in [0.05, 0.1) is 11.0 Å². The molecular formula is C39H36ClN5O2. The van der Waals surface area contributed by atoms with Crippen LogP contribution >= 0.6 is 0 Å². The fourth-order valence-corrected chi connectivity index (χ4v) is 6.14. The maximum Gasteiger partial charge on any atom is 0.247 e. The molecule has 4 heterocycles. The summed E-state index contributed by atoms with van der Waals surface area (Å²) in [6.45, 7) is 13.0. The molecule has 0 saturated heterocycles. The Morgan fingerprint density at radius 2 is 1.49 bits per heavy atom. The number of pyridine rings is 1. The largest absolute Gasteiger partial charge is 1.00 e. The number of imidazole rings is 1. The Morgan fingerprint density at radius 1 is 0.745 bits per heavy atom. The number of para-hydroxylation sites is 3. The van der Waals surface area contributed by atoms with E-state index in [0.717, 1.165) is 49.9 Å². The van der Waals surface area contributed by atoms with Gasteiger partial charge in [-0.3, -0.25) is 4.57 Å². The molecular weight excluding hydrogens is 606 g/mol. The van der Waals surface area contributed by atoms with Crippen LogP contribution in [0.25, 0.3) is 55.4 Å². The van der Waals surface area contributed by atoms with Crippen molar-refractivity contribution in [2.24, 2.45) is 0 Å². The number of aromatic amines is 1. The van der Waals surface area contributed by atoms with Crippen LogP contribution in [0.1, 0.15) is 53.0 Å². The third-order valence-electron chi connectivity index (χ3n) is 8.59. The molecule has 0 amide bonds. The summed E-state index contributed by atoms with van der Waals surface area (Å²) >= 11 is 0. The van der Waals surface area contributed by atoms with Crippen LogP contribution < -0.4 is 22.1 Å². The number of benzene rings is 4. The molecule has 236 valence electrons. The number of rotatable bonds is 4. The van der Waals surface area contributed by atoms with Crippen molar-refractivity contribution in [3.05, 3.63) is 115 Å². The van der Waals surface area contributed by atoms with E-state index in [0.29, 0.717) is 23.0 Å². The van der Waals surface area contributed by atoms with Crippen LogP contribution in [0, 0.1) is 0 Å². The summed E-state index contributed by atoms with van der Waals surface area (Å²) < 4.78 is 17.5. The predicted octanol–water partition coefficient (Wildman–Crippen LogP) is 6.47. The third kappa shape index (κ3) is 5.21. The quantitative estimate of drug-likeness (QED) is 0.221. The van der Waals surface area contributed by atoms with Crippen molar-refractivity contribution in [2.45, 2.75) is 52.4 Å². The Hall–Kier alpha value is -5.14. The van der Waals surface area contributed by atoms with E-state index in [9.17, 15) is 0 Å². The molecule has 0 aliphatic carbocycles. The lowest BCUT2D eigenvalue weighted by Crippen LogP contribution is -3.00. The second kappa shape index (κ2) is 11.0. The third-order valence-corrected chi connectivity index (χ3v) is 8.59. The van der Waals surface area contributed by atoms with E-state index in [1.807, 2.05) is 36.8 Å². The number of H-pyrrole nitrogens is 1. The minimum atomic E-state index is -0.265. The summed E-state index contributed by atoms with van der Waals surface area (Å²) in [4.78, 5) is 13.1. The molecule has 0 radical (unpaired) electrons. The summed E-state index contributed by atoms with van der Waals surface area (Å²) in [5.74, 6) is 2.83. The molecule has 0 bridgehead atoms. The molecule has 0 spiro atoms. The first kappa shape index (κ1) is 30.5. The van der Waals surface area contributed by atoms with Gasteiger partial charge in [0, 0.05) is 40.6 Å². The van der Waals surface area contributed by atoms with Crippen molar-refractivity contribution in [2.75, 3.05) is 0 Å². The summed E-state index contributed by atoms with van der Waals surface area (Å²) in [5.41, 5.74) is 7.46. The van der Waals surface area contributed by atoms with Crippen LogP contribution in [0.4, 0.5) is 0 Å². The predicted molar refractivity (Wildman–Crippen MR) is 183 cm³/mol. The molecule has 8 heteroatoms. The van der Waals surface area contributed by atoms with Crippen molar-refractivity contribution in [3.8, 4) is 23.0 Å².